The Hall–Kier alpha value is -3.61. The van der Waals surface area contributed by atoms with E-state index >= 15 is 0 Å². The molecule has 1 spiro atoms. The van der Waals surface area contributed by atoms with E-state index in [1.807, 2.05) is 20.0 Å². The van der Waals surface area contributed by atoms with Gasteiger partial charge < -0.3 is 21.1 Å². The number of aryl methyl sites for hydroxylation is 1. The smallest absolute Gasteiger partial charge is 0.260 e. The molecule has 2 amide bonds. The molecule has 3 aromatic heterocycles. The standard InChI is InChI=1S/C27H34N8O3S/c1-16(28)23(18(3)29-4)22-13-35-26(39-22)20(12-32-35)25(37)33-21-10-19(11-31-17(21)2)24(36)30-7-9-34-8-5-6-27(34)14-38-15-27/h10-13H,5-9,14-15,28H2,1-4H3,(H,30,36)(H,33,37). The zero-order valence-electron chi connectivity index (χ0n) is 22.7. The molecule has 2 aliphatic rings. The summed E-state index contributed by atoms with van der Waals surface area (Å²) in [5.41, 5.74) is 10.5. The fraction of sp³-hybridized carbons (Fsp3) is 0.444. The van der Waals surface area contributed by atoms with Crippen LogP contribution in [0.15, 0.2) is 35.3 Å². The second-order valence-electron chi connectivity index (χ2n) is 10.1. The van der Waals surface area contributed by atoms with Gasteiger partial charge in [-0.05, 0) is 46.2 Å². The summed E-state index contributed by atoms with van der Waals surface area (Å²) in [6.45, 7) is 9.41. The minimum absolute atomic E-state index is 0.166. The van der Waals surface area contributed by atoms with Crippen LogP contribution in [-0.4, -0.2) is 82.5 Å². The molecule has 12 heteroatoms. The molecule has 0 aliphatic carbocycles. The summed E-state index contributed by atoms with van der Waals surface area (Å²) in [4.78, 5) is 38.7. The number of hydrogen-bond donors (Lipinski definition) is 3. The molecule has 0 atom stereocenters. The van der Waals surface area contributed by atoms with Crippen molar-refractivity contribution in [3.8, 4) is 0 Å². The van der Waals surface area contributed by atoms with E-state index in [0.29, 0.717) is 39.6 Å². The van der Waals surface area contributed by atoms with E-state index in [2.05, 4.69) is 30.6 Å². The number of carbonyl (C=O) groups excluding carboxylic acids is 2. The number of allylic oxidation sites excluding steroid dienone is 2. The lowest BCUT2D eigenvalue weighted by molar-refractivity contribution is -0.122. The molecule has 0 radical (unpaired) electrons. The van der Waals surface area contributed by atoms with E-state index < -0.39 is 0 Å². The minimum Gasteiger partial charge on any atom is -0.402 e. The molecule has 0 saturated carbocycles. The van der Waals surface area contributed by atoms with Crippen molar-refractivity contribution >= 4 is 45.0 Å². The van der Waals surface area contributed by atoms with Crippen LogP contribution < -0.4 is 16.4 Å². The first-order chi connectivity index (χ1) is 18.7. The third-order valence-corrected chi connectivity index (χ3v) is 8.66. The van der Waals surface area contributed by atoms with Crippen molar-refractivity contribution < 1.29 is 14.3 Å². The van der Waals surface area contributed by atoms with Gasteiger partial charge in [0.1, 0.15) is 4.83 Å². The molecule has 4 N–H and O–H groups in total. The molecule has 2 fully saturated rings. The summed E-state index contributed by atoms with van der Waals surface area (Å²) >= 11 is 1.42. The third-order valence-electron chi connectivity index (χ3n) is 7.53. The molecule has 2 aliphatic heterocycles. The first kappa shape index (κ1) is 27.0. The molecular formula is C27H34N8O3S. The summed E-state index contributed by atoms with van der Waals surface area (Å²) in [5, 5.41) is 10.3. The maximum Gasteiger partial charge on any atom is 0.260 e. The molecule has 206 valence electrons. The van der Waals surface area contributed by atoms with Gasteiger partial charge in [0.2, 0.25) is 0 Å². The highest BCUT2D eigenvalue weighted by Crippen LogP contribution is 2.35. The van der Waals surface area contributed by atoms with Crippen LogP contribution in [0.25, 0.3) is 10.4 Å². The van der Waals surface area contributed by atoms with Crippen molar-refractivity contribution in [1.29, 1.82) is 0 Å². The summed E-state index contributed by atoms with van der Waals surface area (Å²) < 4.78 is 7.10. The van der Waals surface area contributed by atoms with Crippen LogP contribution in [0.3, 0.4) is 0 Å². The number of likely N-dealkylation sites (tertiary alicyclic amines) is 1. The number of carbonyl (C=O) groups is 2. The van der Waals surface area contributed by atoms with Gasteiger partial charge >= 0.3 is 0 Å². The molecule has 2 saturated heterocycles. The van der Waals surface area contributed by atoms with Crippen LogP contribution in [-0.2, 0) is 4.74 Å². The summed E-state index contributed by atoms with van der Waals surface area (Å²) in [6.07, 6.45) is 7.22. The first-order valence-electron chi connectivity index (χ1n) is 13.0. The highest BCUT2D eigenvalue weighted by molar-refractivity contribution is 7.19. The Kier molecular flexibility index (Phi) is 7.52. The molecule has 39 heavy (non-hydrogen) atoms. The highest BCUT2D eigenvalue weighted by atomic mass is 32.1. The van der Waals surface area contributed by atoms with Crippen molar-refractivity contribution in [3.63, 3.8) is 0 Å². The van der Waals surface area contributed by atoms with Crippen LogP contribution >= 0.6 is 11.3 Å². The van der Waals surface area contributed by atoms with Crippen LogP contribution in [0.2, 0.25) is 0 Å². The van der Waals surface area contributed by atoms with E-state index in [1.165, 1.54) is 23.7 Å². The number of nitrogens with zero attached hydrogens (tertiary/aromatic N) is 5. The van der Waals surface area contributed by atoms with E-state index in [0.717, 1.165) is 55.3 Å². The average Bonchev–Trinajstić information content (AvgIpc) is 3.59. The second-order valence-corrected chi connectivity index (χ2v) is 11.2. The Morgan fingerprint density at radius 3 is 2.74 bits per heavy atom. The van der Waals surface area contributed by atoms with Gasteiger partial charge in [-0.1, -0.05) is 0 Å². The molecule has 5 rings (SSSR count). The number of anilines is 1. The van der Waals surface area contributed by atoms with Gasteiger partial charge in [0, 0.05) is 49.5 Å². The second kappa shape index (κ2) is 10.9. The molecule has 3 aromatic rings. The van der Waals surface area contributed by atoms with Gasteiger partial charge in [-0.3, -0.25) is 24.5 Å². The average molecular weight is 551 g/mol. The number of aliphatic imine (C=N–C) groups is 1. The number of aromatic nitrogens is 3. The van der Waals surface area contributed by atoms with Crippen molar-refractivity contribution in [2.75, 3.05) is 45.2 Å². The van der Waals surface area contributed by atoms with E-state index in [9.17, 15) is 9.59 Å². The van der Waals surface area contributed by atoms with Gasteiger partial charge in [-0.2, -0.15) is 5.10 Å². The number of ether oxygens (including phenoxy) is 1. The predicted molar refractivity (Wildman–Crippen MR) is 153 cm³/mol. The number of fused-ring (bicyclic) bond motifs is 1. The van der Waals surface area contributed by atoms with E-state index in [4.69, 9.17) is 10.5 Å². The quantitative estimate of drug-likeness (QED) is 0.367. The molecule has 0 bridgehead atoms. The maximum absolute atomic E-state index is 13.3. The van der Waals surface area contributed by atoms with Gasteiger partial charge in [0.25, 0.3) is 11.8 Å². The SMILES string of the molecule is CN=C(C)C(=C(C)N)c1cn2ncc(C(=O)Nc3cc(C(=O)NCCN4CCCC45COC5)cnc3C)c2s1. The maximum atomic E-state index is 13.3. The number of rotatable bonds is 8. The van der Waals surface area contributed by atoms with Crippen molar-refractivity contribution in [2.24, 2.45) is 10.7 Å². The van der Waals surface area contributed by atoms with Crippen LogP contribution in [0.5, 0.6) is 0 Å². The predicted octanol–water partition coefficient (Wildman–Crippen LogP) is 2.73. The molecule has 0 aromatic carbocycles. The topological polar surface area (TPSA) is 139 Å². The van der Waals surface area contributed by atoms with Crippen LogP contribution in [0.4, 0.5) is 5.69 Å². The molecular weight excluding hydrogens is 516 g/mol. The Labute approximate surface area is 231 Å². The molecule has 5 heterocycles. The largest absolute Gasteiger partial charge is 0.402 e. The van der Waals surface area contributed by atoms with Crippen LogP contribution in [0, 0.1) is 6.92 Å². The molecule has 11 nitrogen and oxygen atoms in total. The van der Waals surface area contributed by atoms with Crippen molar-refractivity contribution in [2.45, 2.75) is 39.2 Å². The summed E-state index contributed by atoms with van der Waals surface area (Å²) in [7, 11) is 1.72. The Bertz CT molecular complexity index is 1480. The number of pyridine rings is 1. The van der Waals surface area contributed by atoms with Gasteiger partial charge in [-0.15, -0.1) is 11.3 Å². The lowest BCUT2D eigenvalue weighted by atomic mass is 9.94. The van der Waals surface area contributed by atoms with E-state index in [1.54, 1.807) is 24.6 Å². The Morgan fingerprint density at radius 1 is 1.26 bits per heavy atom. The number of hydrogen-bond acceptors (Lipinski definition) is 9. The lowest BCUT2D eigenvalue weighted by Gasteiger charge is -2.45. The summed E-state index contributed by atoms with van der Waals surface area (Å²) in [5.74, 6) is -0.560. The number of amides is 2. The van der Waals surface area contributed by atoms with Crippen molar-refractivity contribution in [3.05, 3.63) is 52.1 Å². The zero-order valence-corrected chi connectivity index (χ0v) is 23.5. The third kappa shape index (κ3) is 5.19. The van der Waals surface area contributed by atoms with Gasteiger partial charge in [-0.25, -0.2) is 4.52 Å². The monoisotopic (exact) mass is 550 g/mol. The van der Waals surface area contributed by atoms with Gasteiger partial charge in [0.05, 0.1) is 52.3 Å². The lowest BCUT2D eigenvalue weighted by Crippen LogP contribution is -2.59. The fourth-order valence-electron chi connectivity index (χ4n) is 5.22. The normalized spacial score (nSPS) is 17.8. The molecule has 0 unspecified atom stereocenters. The number of nitrogens with one attached hydrogen (secondary N) is 2. The zero-order chi connectivity index (χ0) is 27.7. The summed E-state index contributed by atoms with van der Waals surface area (Å²) in [6, 6.07) is 1.66. The highest BCUT2D eigenvalue weighted by Gasteiger charge is 2.46. The number of thiazole rings is 1. The first-order valence-corrected chi connectivity index (χ1v) is 13.8. The van der Waals surface area contributed by atoms with E-state index in [-0.39, 0.29) is 17.4 Å². The Balaban J connectivity index is 1.27. The fourth-order valence-corrected chi connectivity index (χ4v) is 6.44. The minimum atomic E-state index is -0.334. The van der Waals surface area contributed by atoms with Gasteiger partial charge in [0.15, 0.2) is 0 Å². The Morgan fingerprint density at radius 2 is 2.05 bits per heavy atom. The number of nitrogens with two attached hydrogens (primary N) is 1. The van der Waals surface area contributed by atoms with Crippen molar-refractivity contribution in [1.82, 2.24) is 24.8 Å². The van der Waals surface area contributed by atoms with Crippen LogP contribution in [0.1, 0.15) is 58.0 Å².